The third-order valence-corrected chi connectivity index (χ3v) is 7.05. The maximum Gasteiger partial charge on any atom is 0.0618 e. The average molecular weight is 432 g/mol. The fraction of sp³-hybridized carbons (Fsp3) is 0.200. The first-order valence-corrected chi connectivity index (χ1v) is 12.0. The molecule has 0 bridgehead atoms. The number of anilines is 4. The van der Waals surface area contributed by atoms with Gasteiger partial charge in [0.05, 0.1) is 17.1 Å². The molecule has 4 aromatic carbocycles. The van der Waals surface area contributed by atoms with Crippen molar-refractivity contribution in [3.05, 3.63) is 96.1 Å². The second kappa shape index (κ2) is 8.32. The molecule has 0 saturated carbocycles. The summed E-state index contributed by atoms with van der Waals surface area (Å²) in [5, 5.41) is 3.83. The van der Waals surface area contributed by atoms with E-state index in [2.05, 4.69) is 76.9 Å². The van der Waals surface area contributed by atoms with Crippen molar-refractivity contribution >= 4 is 22.7 Å². The Morgan fingerprint density at radius 1 is 0.636 bits per heavy atom. The van der Waals surface area contributed by atoms with Crippen LogP contribution < -0.4 is 16.0 Å². The van der Waals surface area contributed by atoms with Crippen LogP contribution in [0.1, 0.15) is 24.0 Å². The van der Waals surface area contributed by atoms with E-state index < -0.39 is 0 Å². The SMILES string of the molecule is Nc1ccccc1Nc1c(-c2ccccc2)c2c3c(c1-c1ccccc1)CCCN3CCC2. The Morgan fingerprint density at radius 3 is 1.70 bits per heavy atom. The van der Waals surface area contributed by atoms with E-state index in [9.17, 15) is 0 Å². The van der Waals surface area contributed by atoms with Gasteiger partial charge in [0.2, 0.25) is 0 Å². The standard InChI is InChI=1S/C30H29N3/c31-25-17-7-8-18-26(25)32-29-27(21-11-3-1-4-12-21)23-15-9-19-33-20-10-16-24(30(23)33)28(29)22-13-5-2-6-14-22/h1-8,11-14,17-18,32H,9-10,15-16,19-20,31H2. The Kier molecular flexibility index (Phi) is 5.03. The number of hydrogen-bond donors (Lipinski definition) is 2. The average Bonchev–Trinajstić information content (AvgIpc) is 2.87. The summed E-state index contributed by atoms with van der Waals surface area (Å²) in [6, 6.07) is 29.8. The molecule has 3 heteroatoms. The molecule has 2 aliphatic heterocycles. The van der Waals surface area contributed by atoms with Crippen LogP contribution in [0.2, 0.25) is 0 Å². The molecular formula is C30H29N3. The first kappa shape index (κ1) is 19.9. The molecule has 0 saturated heterocycles. The van der Waals surface area contributed by atoms with Gasteiger partial charge in [-0.25, -0.2) is 0 Å². The number of nitrogen functional groups attached to an aromatic ring is 1. The van der Waals surface area contributed by atoms with Crippen LogP contribution in [0.15, 0.2) is 84.9 Å². The predicted octanol–water partition coefficient (Wildman–Crippen LogP) is 7.05. The second-order valence-corrected chi connectivity index (χ2v) is 9.07. The molecule has 0 radical (unpaired) electrons. The minimum atomic E-state index is 0.767. The van der Waals surface area contributed by atoms with E-state index in [0.29, 0.717) is 0 Å². The van der Waals surface area contributed by atoms with E-state index in [4.69, 9.17) is 5.73 Å². The highest BCUT2D eigenvalue weighted by Gasteiger charge is 2.32. The Morgan fingerprint density at radius 2 is 1.15 bits per heavy atom. The van der Waals surface area contributed by atoms with Crippen molar-refractivity contribution in [3.63, 3.8) is 0 Å². The van der Waals surface area contributed by atoms with E-state index >= 15 is 0 Å². The molecular weight excluding hydrogens is 402 g/mol. The van der Waals surface area contributed by atoms with E-state index in [1.165, 1.54) is 57.6 Å². The van der Waals surface area contributed by atoms with Crippen LogP contribution in [0.3, 0.4) is 0 Å². The fourth-order valence-corrected chi connectivity index (χ4v) is 5.66. The molecule has 3 nitrogen and oxygen atoms in total. The van der Waals surface area contributed by atoms with Gasteiger partial charge in [-0.3, -0.25) is 0 Å². The number of nitrogens with two attached hydrogens (primary N) is 1. The second-order valence-electron chi connectivity index (χ2n) is 9.07. The third kappa shape index (κ3) is 3.45. The van der Waals surface area contributed by atoms with Crippen molar-refractivity contribution in [2.45, 2.75) is 25.7 Å². The van der Waals surface area contributed by atoms with Gasteiger partial charge in [-0.15, -0.1) is 0 Å². The first-order chi connectivity index (χ1) is 16.3. The number of nitrogens with zero attached hydrogens (tertiary/aromatic N) is 1. The number of rotatable bonds is 4. The largest absolute Gasteiger partial charge is 0.397 e. The number of nitrogens with one attached hydrogen (secondary N) is 1. The normalized spacial score (nSPS) is 14.6. The minimum absolute atomic E-state index is 0.767. The van der Waals surface area contributed by atoms with Crippen LogP contribution in [-0.4, -0.2) is 13.1 Å². The van der Waals surface area contributed by atoms with Crippen LogP contribution in [0, 0.1) is 0 Å². The van der Waals surface area contributed by atoms with Gasteiger partial charge in [0.15, 0.2) is 0 Å². The smallest absolute Gasteiger partial charge is 0.0618 e. The van der Waals surface area contributed by atoms with Gasteiger partial charge in [-0.2, -0.15) is 0 Å². The summed E-state index contributed by atoms with van der Waals surface area (Å²) in [5.74, 6) is 0. The lowest BCUT2D eigenvalue weighted by Crippen LogP contribution is -2.35. The lowest BCUT2D eigenvalue weighted by atomic mass is 9.80. The zero-order valence-electron chi connectivity index (χ0n) is 18.9. The summed E-state index contributed by atoms with van der Waals surface area (Å²) in [7, 11) is 0. The maximum absolute atomic E-state index is 6.42. The number of hydrogen-bond acceptors (Lipinski definition) is 3. The molecule has 0 amide bonds. The molecule has 0 fully saturated rings. The lowest BCUT2D eigenvalue weighted by molar-refractivity contribution is 0.636. The molecule has 0 atom stereocenters. The van der Waals surface area contributed by atoms with E-state index in [0.717, 1.165) is 37.3 Å². The third-order valence-electron chi connectivity index (χ3n) is 7.05. The summed E-state index contributed by atoms with van der Waals surface area (Å²) in [6.07, 6.45) is 4.61. The van der Waals surface area contributed by atoms with Gasteiger partial charge >= 0.3 is 0 Å². The zero-order valence-corrected chi connectivity index (χ0v) is 18.9. The van der Waals surface area contributed by atoms with Crippen molar-refractivity contribution in [2.75, 3.05) is 29.0 Å². The highest BCUT2D eigenvalue weighted by Crippen LogP contribution is 2.52. The Hall–Kier alpha value is -3.72. The molecule has 2 heterocycles. The van der Waals surface area contributed by atoms with Crippen LogP contribution in [0.25, 0.3) is 22.3 Å². The minimum Gasteiger partial charge on any atom is -0.397 e. The molecule has 164 valence electrons. The van der Waals surface area contributed by atoms with Crippen molar-refractivity contribution in [3.8, 4) is 22.3 Å². The Labute approximate surface area is 195 Å². The molecule has 0 spiro atoms. The van der Waals surface area contributed by atoms with E-state index in [-0.39, 0.29) is 0 Å². The summed E-state index contributed by atoms with van der Waals surface area (Å²) in [6.45, 7) is 2.31. The van der Waals surface area contributed by atoms with Crippen molar-refractivity contribution in [2.24, 2.45) is 0 Å². The number of para-hydroxylation sites is 2. The topological polar surface area (TPSA) is 41.3 Å². The molecule has 0 unspecified atom stereocenters. The Bertz CT molecular complexity index is 1220. The fourth-order valence-electron chi connectivity index (χ4n) is 5.66. The quantitative estimate of drug-likeness (QED) is 0.340. The predicted molar refractivity (Wildman–Crippen MR) is 140 cm³/mol. The summed E-state index contributed by atoms with van der Waals surface area (Å²) in [5.41, 5.74) is 18.9. The summed E-state index contributed by atoms with van der Waals surface area (Å²) < 4.78 is 0. The van der Waals surface area contributed by atoms with Crippen molar-refractivity contribution in [1.29, 1.82) is 0 Å². The van der Waals surface area contributed by atoms with Crippen LogP contribution in [0.5, 0.6) is 0 Å². The van der Waals surface area contributed by atoms with Gasteiger partial charge in [0.25, 0.3) is 0 Å². The molecule has 2 aliphatic rings. The van der Waals surface area contributed by atoms with E-state index in [1.807, 2.05) is 18.2 Å². The molecule has 0 aromatic heterocycles. The monoisotopic (exact) mass is 431 g/mol. The number of benzene rings is 4. The van der Waals surface area contributed by atoms with Crippen LogP contribution in [0.4, 0.5) is 22.7 Å². The van der Waals surface area contributed by atoms with Crippen molar-refractivity contribution < 1.29 is 0 Å². The highest BCUT2D eigenvalue weighted by atomic mass is 15.1. The molecule has 33 heavy (non-hydrogen) atoms. The zero-order chi connectivity index (χ0) is 22.2. The van der Waals surface area contributed by atoms with Gasteiger partial charge in [0.1, 0.15) is 0 Å². The van der Waals surface area contributed by atoms with Gasteiger partial charge in [-0.1, -0.05) is 72.8 Å². The van der Waals surface area contributed by atoms with Gasteiger partial charge < -0.3 is 16.0 Å². The van der Waals surface area contributed by atoms with E-state index in [1.54, 1.807) is 0 Å². The first-order valence-electron chi connectivity index (χ1n) is 12.0. The van der Waals surface area contributed by atoms with Crippen molar-refractivity contribution in [1.82, 2.24) is 0 Å². The summed E-state index contributed by atoms with van der Waals surface area (Å²) in [4.78, 5) is 2.64. The van der Waals surface area contributed by atoms with Crippen LogP contribution >= 0.6 is 0 Å². The summed E-state index contributed by atoms with van der Waals surface area (Å²) >= 11 is 0. The molecule has 3 N–H and O–H groups in total. The lowest BCUT2D eigenvalue weighted by Gasteiger charge is -2.40. The van der Waals surface area contributed by atoms with Crippen LogP contribution in [-0.2, 0) is 12.8 Å². The maximum atomic E-state index is 6.42. The van der Waals surface area contributed by atoms with Gasteiger partial charge in [-0.05, 0) is 60.1 Å². The molecule has 0 aliphatic carbocycles. The van der Waals surface area contributed by atoms with Gasteiger partial charge in [0, 0.05) is 29.9 Å². The highest BCUT2D eigenvalue weighted by molar-refractivity contribution is 6.01. The Balaban J connectivity index is 1.72. The molecule has 4 aromatic rings. The molecule has 6 rings (SSSR count).